The van der Waals surface area contributed by atoms with Crippen LogP contribution in [0.2, 0.25) is 0 Å². The van der Waals surface area contributed by atoms with Gasteiger partial charge >= 0.3 is 0 Å². The second-order valence-corrected chi connectivity index (χ2v) is 4.98. The topological polar surface area (TPSA) is 43.1 Å². The van der Waals surface area contributed by atoms with Gasteiger partial charge in [-0.05, 0) is 35.1 Å². The van der Waals surface area contributed by atoms with Gasteiger partial charge in [0.25, 0.3) is 0 Å². The number of carbonyl (C=O) groups is 1. The van der Waals surface area contributed by atoms with Crippen molar-refractivity contribution in [2.24, 2.45) is 5.73 Å². The van der Waals surface area contributed by atoms with Crippen molar-refractivity contribution >= 4 is 18.1 Å². The molecular weight excluding hydrogens is 258 g/mol. The van der Waals surface area contributed by atoms with Gasteiger partial charge in [0.1, 0.15) is 0 Å². The number of benzene rings is 2. The maximum absolute atomic E-state index is 11.9. The van der Waals surface area contributed by atoms with Crippen LogP contribution in [0.4, 0.5) is 0 Å². The number of primary amides is 1. The molecule has 0 heterocycles. The van der Waals surface area contributed by atoms with Crippen LogP contribution >= 0.6 is 0 Å². The minimum Gasteiger partial charge on any atom is -0.366 e. The molecule has 2 N–H and O–H groups in total. The van der Waals surface area contributed by atoms with Gasteiger partial charge in [-0.3, -0.25) is 4.79 Å². The fraction of sp³-hybridized carbons (Fsp3) is 0.211. The molecule has 2 heteroatoms. The minimum atomic E-state index is -0.352. The Kier molecular flexibility index (Phi) is 4.94. The maximum Gasteiger partial charge on any atom is 0.249 e. The Hall–Kier alpha value is -2.35. The highest BCUT2D eigenvalue weighted by atomic mass is 16.1. The van der Waals surface area contributed by atoms with Crippen LogP contribution in [0.3, 0.4) is 0 Å². The second kappa shape index (κ2) is 6.89. The van der Waals surface area contributed by atoms with Gasteiger partial charge in [0, 0.05) is 5.56 Å². The lowest BCUT2D eigenvalue weighted by Gasteiger charge is -2.13. The Labute approximate surface area is 126 Å². The van der Waals surface area contributed by atoms with E-state index in [0.29, 0.717) is 5.56 Å². The van der Waals surface area contributed by atoms with E-state index in [-0.39, 0.29) is 5.91 Å². The van der Waals surface area contributed by atoms with Crippen LogP contribution in [0.25, 0.3) is 12.2 Å². The maximum atomic E-state index is 11.9. The highest BCUT2D eigenvalue weighted by Gasteiger charge is 2.14. The molecule has 0 unspecified atom stereocenters. The number of nitrogens with two attached hydrogens (primary N) is 1. The third-order valence-corrected chi connectivity index (χ3v) is 3.68. The lowest BCUT2D eigenvalue weighted by Crippen LogP contribution is -2.16. The van der Waals surface area contributed by atoms with Gasteiger partial charge in [0.2, 0.25) is 5.91 Å². The first-order valence-corrected chi connectivity index (χ1v) is 7.35. The number of amides is 1. The Morgan fingerprint density at radius 1 is 1.00 bits per heavy atom. The fourth-order valence-corrected chi connectivity index (χ4v) is 2.62. The smallest absolute Gasteiger partial charge is 0.249 e. The van der Waals surface area contributed by atoms with Gasteiger partial charge in [0.15, 0.2) is 0 Å². The molecule has 0 fully saturated rings. The average Bonchev–Trinajstić information content (AvgIpc) is 2.52. The van der Waals surface area contributed by atoms with Crippen molar-refractivity contribution in [2.75, 3.05) is 0 Å². The van der Waals surface area contributed by atoms with Crippen molar-refractivity contribution in [1.82, 2.24) is 0 Å². The molecule has 0 atom stereocenters. The molecule has 0 spiro atoms. The van der Waals surface area contributed by atoms with Gasteiger partial charge in [-0.2, -0.15) is 0 Å². The van der Waals surface area contributed by atoms with E-state index in [4.69, 9.17) is 5.73 Å². The highest BCUT2D eigenvalue weighted by molar-refractivity contribution is 5.99. The molecule has 0 saturated heterocycles. The molecule has 0 aliphatic rings. The standard InChI is InChI=1S/C19H21NO/c1-3-15-12-13-16(18(19(20)21)17(15)4-2)11-10-14-8-6-5-7-9-14/h5-13H,3-4H2,1-2H3,(H2,20,21). The van der Waals surface area contributed by atoms with E-state index in [0.717, 1.165) is 29.5 Å². The normalized spacial score (nSPS) is 11.0. The summed E-state index contributed by atoms with van der Waals surface area (Å²) in [6, 6.07) is 14.1. The molecule has 0 bridgehead atoms. The molecule has 0 radical (unpaired) electrons. The van der Waals surface area contributed by atoms with Crippen molar-refractivity contribution in [2.45, 2.75) is 26.7 Å². The Balaban J connectivity index is 2.49. The monoisotopic (exact) mass is 279 g/mol. The molecule has 0 aromatic heterocycles. The summed E-state index contributed by atoms with van der Waals surface area (Å²) in [4.78, 5) is 11.9. The number of hydrogen-bond donors (Lipinski definition) is 1. The largest absolute Gasteiger partial charge is 0.366 e. The first-order chi connectivity index (χ1) is 10.2. The van der Waals surface area contributed by atoms with E-state index < -0.39 is 0 Å². The number of carbonyl (C=O) groups excluding carboxylic acids is 1. The summed E-state index contributed by atoms with van der Waals surface area (Å²) in [5.74, 6) is -0.352. The molecule has 0 aliphatic carbocycles. The van der Waals surface area contributed by atoms with Crippen LogP contribution < -0.4 is 5.73 Å². The predicted octanol–water partition coefficient (Wildman–Crippen LogP) is 4.08. The third-order valence-electron chi connectivity index (χ3n) is 3.68. The molecule has 2 nitrogen and oxygen atoms in total. The SMILES string of the molecule is CCc1ccc(C=Cc2ccccc2)c(C(N)=O)c1CC. The summed E-state index contributed by atoms with van der Waals surface area (Å²) < 4.78 is 0. The van der Waals surface area contributed by atoms with E-state index >= 15 is 0 Å². The Morgan fingerprint density at radius 3 is 2.29 bits per heavy atom. The van der Waals surface area contributed by atoms with Crippen LogP contribution in [0.15, 0.2) is 42.5 Å². The van der Waals surface area contributed by atoms with Crippen LogP contribution in [-0.4, -0.2) is 5.91 Å². The zero-order valence-corrected chi connectivity index (χ0v) is 12.6. The molecule has 2 aromatic rings. The molecule has 1 amide bonds. The number of aryl methyl sites for hydroxylation is 1. The van der Waals surface area contributed by atoms with Gasteiger partial charge in [-0.25, -0.2) is 0 Å². The van der Waals surface area contributed by atoms with Gasteiger partial charge in [-0.1, -0.05) is 68.5 Å². The lowest BCUT2D eigenvalue weighted by molar-refractivity contribution is 0.0999. The van der Waals surface area contributed by atoms with E-state index in [1.807, 2.05) is 48.6 Å². The van der Waals surface area contributed by atoms with Crippen molar-refractivity contribution in [3.05, 3.63) is 70.3 Å². The Morgan fingerprint density at radius 2 is 1.71 bits per heavy atom. The first kappa shape index (κ1) is 15.0. The van der Waals surface area contributed by atoms with Crippen molar-refractivity contribution in [1.29, 1.82) is 0 Å². The summed E-state index contributed by atoms with van der Waals surface area (Å²) in [6.07, 6.45) is 5.70. The summed E-state index contributed by atoms with van der Waals surface area (Å²) in [5.41, 5.74) is 10.5. The van der Waals surface area contributed by atoms with E-state index in [1.165, 1.54) is 5.56 Å². The van der Waals surface area contributed by atoms with Gasteiger partial charge in [0.05, 0.1) is 0 Å². The van der Waals surface area contributed by atoms with E-state index in [2.05, 4.69) is 19.9 Å². The van der Waals surface area contributed by atoms with Crippen LogP contribution in [-0.2, 0) is 12.8 Å². The first-order valence-electron chi connectivity index (χ1n) is 7.35. The molecule has 108 valence electrons. The third kappa shape index (κ3) is 3.40. The Bertz CT molecular complexity index is 657. The van der Waals surface area contributed by atoms with Crippen molar-refractivity contribution in [3.63, 3.8) is 0 Å². The highest BCUT2D eigenvalue weighted by Crippen LogP contribution is 2.22. The van der Waals surface area contributed by atoms with E-state index in [9.17, 15) is 4.79 Å². The van der Waals surface area contributed by atoms with E-state index in [1.54, 1.807) is 0 Å². The molecule has 2 aromatic carbocycles. The molecule has 21 heavy (non-hydrogen) atoms. The van der Waals surface area contributed by atoms with Crippen LogP contribution in [0.5, 0.6) is 0 Å². The molecular formula is C19H21NO. The number of rotatable bonds is 5. The van der Waals surface area contributed by atoms with Crippen LogP contribution in [0, 0.1) is 0 Å². The lowest BCUT2D eigenvalue weighted by atomic mass is 9.92. The number of hydrogen-bond acceptors (Lipinski definition) is 1. The zero-order chi connectivity index (χ0) is 15.2. The van der Waals surface area contributed by atoms with Crippen molar-refractivity contribution < 1.29 is 4.79 Å². The van der Waals surface area contributed by atoms with Gasteiger partial charge in [-0.15, -0.1) is 0 Å². The minimum absolute atomic E-state index is 0.352. The molecule has 0 saturated carbocycles. The molecule has 2 rings (SSSR count). The predicted molar refractivity (Wildman–Crippen MR) is 89.1 cm³/mol. The quantitative estimate of drug-likeness (QED) is 0.823. The fourth-order valence-electron chi connectivity index (χ4n) is 2.62. The average molecular weight is 279 g/mol. The van der Waals surface area contributed by atoms with Crippen molar-refractivity contribution in [3.8, 4) is 0 Å². The summed E-state index contributed by atoms with van der Waals surface area (Å²) in [5, 5.41) is 0. The molecule has 0 aliphatic heterocycles. The van der Waals surface area contributed by atoms with Gasteiger partial charge < -0.3 is 5.73 Å². The summed E-state index contributed by atoms with van der Waals surface area (Å²) in [6.45, 7) is 4.16. The summed E-state index contributed by atoms with van der Waals surface area (Å²) >= 11 is 0. The summed E-state index contributed by atoms with van der Waals surface area (Å²) in [7, 11) is 0. The zero-order valence-electron chi connectivity index (χ0n) is 12.6. The van der Waals surface area contributed by atoms with Crippen LogP contribution in [0.1, 0.15) is 46.5 Å². The second-order valence-electron chi connectivity index (χ2n) is 4.98.